The number of para-hydroxylation sites is 1. The number of likely N-dealkylation sites (N-methyl/N-ethyl adjacent to an activating group) is 1. The third kappa shape index (κ3) is 4.06. The average Bonchev–Trinajstić information content (AvgIpc) is 2.84. The van der Waals surface area contributed by atoms with E-state index in [0.29, 0.717) is 48.0 Å². The van der Waals surface area contributed by atoms with Crippen LogP contribution in [0.4, 0.5) is 17.1 Å². The van der Waals surface area contributed by atoms with Crippen molar-refractivity contribution in [3.63, 3.8) is 0 Å². The van der Waals surface area contributed by atoms with Gasteiger partial charge >= 0.3 is 0 Å². The van der Waals surface area contributed by atoms with Gasteiger partial charge in [-0.2, -0.15) is 0 Å². The van der Waals surface area contributed by atoms with Gasteiger partial charge in [-0.05, 0) is 44.8 Å². The standard InChI is InChI=1S/C25H27N7O2/c1-17-5-4-6-20-23(17)27-9-10-31(20)21-13-18-14-26-16-29-24(18)32(25(21)33)19-7-8-22(28-15-19)34-12-11-30(2)3/h4-8,13-16,27H,9-12H2,1-3H3/i16D. The summed E-state index contributed by atoms with van der Waals surface area (Å²) in [5.74, 6) is 0.478. The van der Waals surface area contributed by atoms with Gasteiger partial charge in [0.15, 0.2) is 5.65 Å². The van der Waals surface area contributed by atoms with E-state index in [0.717, 1.165) is 23.5 Å². The fraction of sp³-hybridized carbons (Fsp3) is 0.280. The second-order valence-corrected chi connectivity index (χ2v) is 8.47. The van der Waals surface area contributed by atoms with Crippen LogP contribution in [0.1, 0.15) is 6.93 Å². The second-order valence-electron chi connectivity index (χ2n) is 8.47. The molecular weight excluding hydrogens is 430 g/mol. The van der Waals surface area contributed by atoms with Gasteiger partial charge < -0.3 is 19.9 Å². The van der Waals surface area contributed by atoms with Crippen LogP contribution < -0.4 is 20.5 Å². The predicted molar refractivity (Wildman–Crippen MR) is 134 cm³/mol. The van der Waals surface area contributed by atoms with E-state index in [4.69, 9.17) is 6.11 Å². The lowest BCUT2D eigenvalue weighted by Gasteiger charge is -2.33. The molecule has 0 amide bonds. The highest BCUT2D eigenvalue weighted by molar-refractivity contribution is 5.85. The number of anilines is 3. The Morgan fingerprint density at radius 1 is 1.18 bits per heavy atom. The number of nitrogens with one attached hydrogen (secondary N) is 1. The fourth-order valence-electron chi connectivity index (χ4n) is 4.12. The summed E-state index contributed by atoms with van der Waals surface area (Å²) in [6.07, 6.45) is 3.02. The molecule has 4 aromatic rings. The summed E-state index contributed by atoms with van der Waals surface area (Å²) in [7, 11) is 3.95. The Morgan fingerprint density at radius 2 is 2.06 bits per heavy atom. The minimum Gasteiger partial charge on any atom is -0.476 e. The third-order valence-electron chi connectivity index (χ3n) is 5.84. The molecule has 174 valence electrons. The molecule has 1 aliphatic heterocycles. The SMILES string of the molecule is [2H]c1ncc2cc(N3CCNc4c(C)cccc43)c(=O)n(-c3ccc(OCCN(C)C)nc3)c2n1. The van der Waals surface area contributed by atoms with Crippen LogP contribution in [0.2, 0.25) is 0 Å². The summed E-state index contributed by atoms with van der Waals surface area (Å²) in [4.78, 5) is 30.7. The van der Waals surface area contributed by atoms with Gasteiger partial charge in [0.25, 0.3) is 5.56 Å². The normalized spacial score (nSPS) is 13.5. The van der Waals surface area contributed by atoms with Crippen LogP contribution in [0, 0.1) is 6.92 Å². The van der Waals surface area contributed by atoms with Crippen molar-refractivity contribution < 1.29 is 6.11 Å². The first-order chi connectivity index (χ1) is 16.9. The Hall–Kier alpha value is -3.98. The van der Waals surface area contributed by atoms with Gasteiger partial charge in [0.1, 0.15) is 20.0 Å². The number of aryl methyl sites for hydroxylation is 1. The molecule has 0 fully saturated rings. The summed E-state index contributed by atoms with van der Waals surface area (Å²) < 4.78 is 15.1. The number of hydrogen-bond acceptors (Lipinski definition) is 8. The zero-order valence-electron chi connectivity index (χ0n) is 20.4. The maximum Gasteiger partial charge on any atom is 0.280 e. The lowest BCUT2D eigenvalue weighted by Crippen LogP contribution is -2.35. The van der Waals surface area contributed by atoms with Crippen LogP contribution in [0.15, 0.2) is 59.9 Å². The number of ether oxygens (including phenoxy) is 1. The summed E-state index contributed by atoms with van der Waals surface area (Å²) in [5.41, 5.74) is 4.25. The van der Waals surface area contributed by atoms with Gasteiger partial charge in [-0.25, -0.2) is 15.0 Å². The van der Waals surface area contributed by atoms with E-state index in [1.54, 1.807) is 30.6 Å². The molecule has 34 heavy (non-hydrogen) atoms. The van der Waals surface area contributed by atoms with Gasteiger partial charge in [-0.15, -0.1) is 0 Å². The first kappa shape index (κ1) is 20.6. The Morgan fingerprint density at radius 3 is 2.85 bits per heavy atom. The number of pyridine rings is 2. The largest absolute Gasteiger partial charge is 0.476 e. The molecule has 1 aromatic carbocycles. The quantitative estimate of drug-likeness (QED) is 0.472. The van der Waals surface area contributed by atoms with Gasteiger partial charge in [-0.1, -0.05) is 12.1 Å². The van der Waals surface area contributed by atoms with E-state index in [1.807, 2.05) is 49.0 Å². The molecule has 3 aromatic heterocycles. The van der Waals surface area contributed by atoms with Crippen LogP contribution in [-0.4, -0.2) is 64.8 Å². The molecule has 0 saturated heterocycles. The molecule has 0 aliphatic carbocycles. The van der Waals surface area contributed by atoms with Crippen LogP contribution in [0.25, 0.3) is 16.7 Å². The molecule has 0 saturated carbocycles. The Balaban J connectivity index is 1.62. The molecule has 4 heterocycles. The summed E-state index contributed by atoms with van der Waals surface area (Å²) in [6, 6.07) is 11.4. The molecule has 0 unspecified atom stereocenters. The number of benzene rings is 1. The highest BCUT2D eigenvalue weighted by Gasteiger charge is 2.24. The summed E-state index contributed by atoms with van der Waals surface area (Å²) in [6.45, 7) is 4.66. The number of hydrogen-bond donors (Lipinski definition) is 1. The number of rotatable bonds is 6. The van der Waals surface area contributed by atoms with Crippen molar-refractivity contribution in [2.24, 2.45) is 0 Å². The predicted octanol–water partition coefficient (Wildman–Crippen LogP) is 2.99. The lowest BCUT2D eigenvalue weighted by molar-refractivity contribution is 0.254. The van der Waals surface area contributed by atoms with Crippen LogP contribution >= 0.6 is 0 Å². The van der Waals surface area contributed by atoms with Crippen molar-refractivity contribution >= 4 is 28.1 Å². The third-order valence-corrected chi connectivity index (χ3v) is 5.84. The molecule has 0 bridgehead atoms. The average molecular weight is 459 g/mol. The minimum atomic E-state index is -0.243. The highest BCUT2D eigenvalue weighted by atomic mass is 16.5. The van der Waals surface area contributed by atoms with E-state index in [9.17, 15) is 4.79 Å². The Labute approximate surface area is 199 Å². The maximum atomic E-state index is 13.9. The topological polar surface area (TPSA) is 88.4 Å². The Kier molecular flexibility index (Phi) is 5.52. The van der Waals surface area contributed by atoms with Crippen LogP contribution in [0.3, 0.4) is 0 Å². The fourth-order valence-corrected chi connectivity index (χ4v) is 4.12. The zero-order chi connectivity index (χ0) is 24.5. The van der Waals surface area contributed by atoms with Crippen LogP contribution in [0.5, 0.6) is 5.88 Å². The second kappa shape index (κ2) is 9.11. The number of nitrogens with zero attached hydrogens (tertiary/aromatic N) is 6. The lowest BCUT2D eigenvalue weighted by atomic mass is 10.1. The number of aromatic nitrogens is 4. The summed E-state index contributed by atoms with van der Waals surface area (Å²) in [5, 5.41) is 4.11. The van der Waals surface area contributed by atoms with Crippen molar-refractivity contribution in [2.45, 2.75) is 6.92 Å². The molecule has 5 rings (SSSR count). The van der Waals surface area contributed by atoms with Gasteiger partial charge in [-0.3, -0.25) is 9.36 Å². The molecule has 0 spiro atoms. The van der Waals surface area contributed by atoms with Gasteiger partial charge in [0.05, 0.1) is 23.3 Å². The Bertz CT molecular complexity index is 1440. The highest BCUT2D eigenvalue weighted by Crippen LogP contribution is 2.36. The minimum absolute atomic E-state index is 0.154. The van der Waals surface area contributed by atoms with E-state index < -0.39 is 0 Å². The van der Waals surface area contributed by atoms with E-state index >= 15 is 0 Å². The molecule has 0 atom stereocenters. The molecule has 9 heteroatoms. The van der Waals surface area contributed by atoms with Crippen LogP contribution in [-0.2, 0) is 0 Å². The number of fused-ring (bicyclic) bond motifs is 2. The zero-order valence-corrected chi connectivity index (χ0v) is 19.4. The smallest absolute Gasteiger partial charge is 0.280 e. The van der Waals surface area contributed by atoms with Crippen molar-refractivity contribution in [1.82, 2.24) is 24.4 Å². The molecule has 1 N–H and O–H groups in total. The van der Waals surface area contributed by atoms with Gasteiger partial charge in [0, 0.05) is 37.3 Å². The van der Waals surface area contributed by atoms with Crippen molar-refractivity contribution in [3.05, 3.63) is 71.0 Å². The van der Waals surface area contributed by atoms with Crippen molar-refractivity contribution in [3.8, 4) is 11.6 Å². The van der Waals surface area contributed by atoms with Gasteiger partial charge in [0.2, 0.25) is 5.88 Å². The molecule has 1 aliphatic rings. The first-order valence-electron chi connectivity index (χ1n) is 11.7. The van der Waals surface area contributed by atoms with Crippen molar-refractivity contribution in [2.75, 3.05) is 50.6 Å². The van der Waals surface area contributed by atoms with E-state index in [-0.39, 0.29) is 11.9 Å². The maximum absolute atomic E-state index is 13.9. The molecule has 9 nitrogen and oxygen atoms in total. The monoisotopic (exact) mass is 458 g/mol. The van der Waals surface area contributed by atoms with Crippen molar-refractivity contribution in [1.29, 1.82) is 0 Å². The summed E-state index contributed by atoms with van der Waals surface area (Å²) >= 11 is 0. The first-order valence-corrected chi connectivity index (χ1v) is 11.2. The molecular formula is C25H27N7O2. The van der Waals surface area contributed by atoms with E-state index in [1.165, 1.54) is 4.57 Å². The molecule has 0 radical (unpaired) electrons. The van der Waals surface area contributed by atoms with E-state index in [2.05, 4.69) is 20.3 Å².